The molecule has 2 aromatic carbocycles. The van der Waals surface area contributed by atoms with Gasteiger partial charge in [-0.1, -0.05) is 12.1 Å². The van der Waals surface area contributed by atoms with Crippen molar-refractivity contribution < 1.29 is 37.0 Å². The molecule has 0 saturated heterocycles. The summed E-state index contributed by atoms with van der Waals surface area (Å²) in [6, 6.07) is 10.7. The van der Waals surface area contributed by atoms with Gasteiger partial charge in [0, 0.05) is 5.69 Å². The Bertz CT molecular complexity index is 836. The summed E-state index contributed by atoms with van der Waals surface area (Å²) < 4.78 is 53.2. The van der Waals surface area contributed by atoms with Gasteiger partial charge >= 0.3 is 12.1 Å². The average molecular weight is 381 g/mol. The molecule has 0 fully saturated rings. The van der Waals surface area contributed by atoms with E-state index in [9.17, 15) is 22.8 Å². The second-order valence-electron chi connectivity index (χ2n) is 5.60. The quantitative estimate of drug-likeness (QED) is 0.825. The highest BCUT2D eigenvalue weighted by Gasteiger charge is 2.30. The van der Waals surface area contributed by atoms with Crippen LogP contribution in [0.3, 0.4) is 0 Å². The Morgan fingerprint density at radius 1 is 1.07 bits per heavy atom. The second kappa shape index (κ2) is 7.56. The molecule has 1 amide bonds. The van der Waals surface area contributed by atoms with E-state index >= 15 is 0 Å². The van der Waals surface area contributed by atoms with Crippen molar-refractivity contribution in [2.24, 2.45) is 0 Å². The summed E-state index contributed by atoms with van der Waals surface area (Å²) in [5, 5.41) is 2.34. The van der Waals surface area contributed by atoms with Gasteiger partial charge in [0.2, 0.25) is 6.10 Å². The molecule has 1 N–H and O–H groups in total. The van der Waals surface area contributed by atoms with Gasteiger partial charge in [-0.05, 0) is 36.4 Å². The van der Waals surface area contributed by atoms with E-state index in [0.29, 0.717) is 11.5 Å². The number of ether oxygens (including phenoxy) is 3. The Balaban J connectivity index is 1.48. The number of benzene rings is 2. The first-order chi connectivity index (χ1) is 12.8. The average Bonchev–Trinajstić information content (AvgIpc) is 2.65. The van der Waals surface area contributed by atoms with Crippen molar-refractivity contribution in [1.29, 1.82) is 0 Å². The van der Waals surface area contributed by atoms with E-state index in [-0.39, 0.29) is 12.3 Å². The molecule has 1 aliphatic heterocycles. The molecule has 3 rings (SSSR count). The fourth-order valence-electron chi connectivity index (χ4n) is 2.30. The van der Waals surface area contributed by atoms with Gasteiger partial charge in [-0.15, -0.1) is 0 Å². The number of halogens is 3. The molecule has 0 radical (unpaired) electrons. The number of alkyl halides is 3. The van der Waals surface area contributed by atoms with Crippen LogP contribution in [0.1, 0.15) is 5.56 Å². The van der Waals surface area contributed by atoms with Gasteiger partial charge < -0.3 is 19.5 Å². The summed E-state index contributed by atoms with van der Waals surface area (Å²) in [4.78, 5) is 23.8. The Morgan fingerprint density at radius 2 is 1.74 bits per heavy atom. The summed E-state index contributed by atoms with van der Waals surface area (Å²) in [5.74, 6) is -0.589. The van der Waals surface area contributed by atoms with Gasteiger partial charge in [-0.2, -0.15) is 13.2 Å². The molecular weight excluding hydrogens is 367 g/mol. The molecule has 1 atom stereocenters. The van der Waals surface area contributed by atoms with Gasteiger partial charge in [-0.25, -0.2) is 4.79 Å². The fourth-order valence-corrected chi connectivity index (χ4v) is 2.30. The number of carbonyl (C=O) groups excluding carboxylic acids is 2. The molecule has 27 heavy (non-hydrogen) atoms. The summed E-state index contributed by atoms with van der Waals surface area (Å²) in [7, 11) is 0. The topological polar surface area (TPSA) is 73.9 Å². The summed E-state index contributed by atoms with van der Waals surface area (Å²) in [6.45, 7) is -0.669. The minimum Gasteiger partial charge on any atom is -0.485 e. The Labute approximate surface area is 151 Å². The molecule has 9 heteroatoms. The van der Waals surface area contributed by atoms with Crippen LogP contribution >= 0.6 is 0 Å². The van der Waals surface area contributed by atoms with Crippen LogP contribution in [-0.4, -0.2) is 31.2 Å². The first-order valence-electron chi connectivity index (χ1n) is 7.85. The summed E-state index contributed by atoms with van der Waals surface area (Å²) in [5.41, 5.74) is -0.683. The summed E-state index contributed by atoms with van der Waals surface area (Å²) in [6.07, 6.45) is -5.47. The van der Waals surface area contributed by atoms with Gasteiger partial charge in [-0.3, -0.25) is 4.79 Å². The van der Waals surface area contributed by atoms with Crippen molar-refractivity contribution >= 4 is 17.6 Å². The predicted octanol–water partition coefficient (Wildman–Crippen LogP) is 3.03. The summed E-state index contributed by atoms with van der Waals surface area (Å²) >= 11 is 0. The zero-order chi connectivity index (χ0) is 19.4. The second-order valence-corrected chi connectivity index (χ2v) is 5.60. The maximum absolute atomic E-state index is 12.5. The van der Waals surface area contributed by atoms with Crippen molar-refractivity contribution in [1.82, 2.24) is 0 Å². The van der Waals surface area contributed by atoms with E-state index in [1.165, 1.54) is 0 Å². The molecule has 142 valence electrons. The largest absolute Gasteiger partial charge is 0.485 e. The number of rotatable bonds is 4. The number of amides is 1. The van der Waals surface area contributed by atoms with E-state index < -0.39 is 36.3 Å². The lowest BCUT2D eigenvalue weighted by atomic mass is 10.2. The van der Waals surface area contributed by atoms with Crippen molar-refractivity contribution in [2.45, 2.75) is 12.3 Å². The highest BCUT2D eigenvalue weighted by molar-refractivity contribution is 5.93. The smallest absolute Gasteiger partial charge is 0.416 e. The number of hydrogen-bond donors (Lipinski definition) is 1. The Kier molecular flexibility index (Phi) is 5.20. The number of nitrogens with one attached hydrogen (secondary N) is 1. The van der Waals surface area contributed by atoms with Crippen LogP contribution in [0.15, 0.2) is 48.5 Å². The van der Waals surface area contributed by atoms with Gasteiger partial charge in [0.1, 0.15) is 6.61 Å². The third kappa shape index (κ3) is 4.69. The van der Waals surface area contributed by atoms with Crippen LogP contribution < -0.4 is 14.8 Å². The Morgan fingerprint density at radius 3 is 2.41 bits per heavy atom. The highest BCUT2D eigenvalue weighted by Crippen LogP contribution is 2.31. The third-order valence-electron chi connectivity index (χ3n) is 3.61. The SMILES string of the molecule is O=C(COC(=O)C1COc2ccccc2O1)Nc1ccc(C(F)(F)F)cc1. The Hall–Kier alpha value is -3.23. The van der Waals surface area contributed by atoms with Crippen molar-refractivity contribution in [2.75, 3.05) is 18.5 Å². The molecule has 1 unspecified atom stereocenters. The van der Waals surface area contributed by atoms with Crippen LogP contribution in [0, 0.1) is 0 Å². The van der Waals surface area contributed by atoms with Crippen LogP contribution in [-0.2, 0) is 20.5 Å². The highest BCUT2D eigenvalue weighted by atomic mass is 19.4. The molecule has 0 aromatic heterocycles. The van der Waals surface area contributed by atoms with E-state index in [2.05, 4.69) is 5.32 Å². The standard InChI is InChI=1S/C18H14F3NO5/c19-18(20,21)11-5-7-12(8-6-11)22-16(23)10-26-17(24)15-9-25-13-3-1-2-4-14(13)27-15/h1-8,15H,9-10H2,(H,22,23). The number of anilines is 1. The molecule has 0 aliphatic carbocycles. The number of carbonyl (C=O) groups is 2. The predicted molar refractivity (Wildman–Crippen MR) is 87.4 cm³/mol. The van der Waals surface area contributed by atoms with E-state index in [1.54, 1.807) is 24.3 Å². The minimum atomic E-state index is -4.46. The van der Waals surface area contributed by atoms with Crippen LogP contribution in [0.5, 0.6) is 11.5 Å². The maximum Gasteiger partial charge on any atom is 0.416 e. The minimum absolute atomic E-state index is 0.0592. The van der Waals surface area contributed by atoms with Gasteiger partial charge in [0.15, 0.2) is 18.1 Å². The number of para-hydroxylation sites is 2. The number of hydrogen-bond acceptors (Lipinski definition) is 5. The monoisotopic (exact) mass is 381 g/mol. The maximum atomic E-state index is 12.5. The molecule has 1 aliphatic rings. The normalized spacial score (nSPS) is 15.7. The zero-order valence-corrected chi connectivity index (χ0v) is 13.8. The molecular formula is C18H14F3NO5. The molecule has 1 heterocycles. The first kappa shape index (κ1) is 18.6. The lowest BCUT2D eigenvalue weighted by Gasteiger charge is -2.24. The molecule has 0 spiro atoms. The van der Waals surface area contributed by atoms with Crippen molar-refractivity contribution in [3.8, 4) is 11.5 Å². The molecule has 2 aromatic rings. The molecule has 6 nitrogen and oxygen atoms in total. The lowest BCUT2D eigenvalue weighted by molar-refractivity contribution is -0.156. The number of fused-ring (bicyclic) bond motifs is 1. The molecule has 0 bridgehead atoms. The fraction of sp³-hybridized carbons (Fsp3) is 0.222. The van der Waals surface area contributed by atoms with Gasteiger partial charge in [0.25, 0.3) is 5.91 Å². The van der Waals surface area contributed by atoms with E-state index in [0.717, 1.165) is 24.3 Å². The van der Waals surface area contributed by atoms with Gasteiger partial charge in [0.05, 0.1) is 5.56 Å². The first-order valence-corrected chi connectivity index (χ1v) is 7.85. The van der Waals surface area contributed by atoms with E-state index in [4.69, 9.17) is 14.2 Å². The van der Waals surface area contributed by atoms with Crippen molar-refractivity contribution in [3.63, 3.8) is 0 Å². The number of esters is 1. The van der Waals surface area contributed by atoms with Crippen LogP contribution in [0.4, 0.5) is 18.9 Å². The van der Waals surface area contributed by atoms with Crippen molar-refractivity contribution in [3.05, 3.63) is 54.1 Å². The third-order valence-corrected chi connectivity index (χ3v) is 3.61. The zero-order valence-electron chi connectivity index (χ0n) is 13.8. The molecule has 0 saturated carbocycles. The lowest BCUT2D eigenvalue weighted by Crippen LogP contribution is -2.39. The van der Waals surface area contributed by atoms with Crippen LogP contribution in [0.2, 0.25) is 0 Å². The van der Waals surface area contributed by atoms with Crippen LogP contribution in [0.25, 0.3) is 0 Å². The van der Waals surface area contributed by atoms with E-state index in [1.807, 2.05) is 0 Å².